The maximum absolute atomic E-state index is 13.1. The fraction of sp³-hybridized carbons (Fsp3) is 0.312. The molecule has 0 aliphatic heterocycles. The molecule has 0 saturated heterocycles. The zero-order chi connectivity index (χ0) is 32.4. The SMILES string of the molecule is C[C@@H](Cc1ccc(O)cc1)C(=O)NC(=O)[C@H](O)[C@H](O)[C@@H](O)[C@@H](Oc1ccccc1)C(=O)NC(=O)[C@@H](C)Cc1ccc(O)cc1. The number of nitrogens with one attached hydrogen (secondary N) is 2. The van der Waals surface area contributed by atoms with E-state index in [4.69, 9.17) is 4.74 Å². The van der Waals surface area contributed by atoms with Crippen molar-refractivity contribution in [1.82, 2.24) is 10.6 Å². The summed E-state index contributed by atoms with van der Waals surface area (Å²) in [5.74, 6) is -5.25. The lowest BCUT2D eigenvalue weighted by molar-refractivity contribution is -0.156. The molecule has 12 nitrogen and oxygen atoms in total. The van der Waals surface area contributed by atoms with Crippen molar-refractivity contribution in [2.24, 2.45) is 11.8 Å². The Hall–Kier alpha value is -4.78. The van der Waals surface area contributed by atoms with Gasteiger partial charge in [-0.05, 0) is 60.4 Å². The molecular weight excluding hydrogens is 572 g/mol. The van der Waals surface area contributed by atoms with E-state index >= 15 is 0 Å². The molecule has 3 aromatic rings. The lowest BCUT2D eigenvalue weighted by Crippen LogP contribution is -2.57. The molecule has 4 amide bonds. The molecule has 0 bridgehead atoms. The number of para-hydroxylation sites is 1. The Morgan fingerprint density at radius 1 is 0.614 bits per heavy atom. The number of carbonyl (C=O) groups is 4. The number of imide groups is 2. The number of benzene rings is 3. The van der Waals surface area contributed by atoms with Gasteiger partial charge in [-0.3, -0.25) is 29.8 Å². The van der Waals surface area contributed by atoms with Gasteiger partial charge in [0.25, 0.3) is 11.8 Å². The summed E-state index contributed by atoms with van der Waals surface area (Å²) in [6.07, 6.45) is -8.42. The Kier molecular flexibility index (Phi) is 12.0. The summed E-state index contributed by atoms with van der Waals surface area (Å²) in [4.78, 5) is 51.1. The summed E-state index contributed by atoms with van der Waals surface area (Å²) in [5, 5.41) is 55.0. The Bertz CT molecular complexity index is 1410. The predicted octanol–water partition coefficient (Wildman–Crippen LogP) is 0.971. The molecule has 0 aliphatic rings. The molecule has 6 atom stereocenters. The second kappa shape index (κ2) is 15.6. The number of aliphatic hydroxyl groups excluding tert-OH is 3. The van der Waals surface area contributed by atoms with E-state index in [1.54, 1.807) is 49.4 Å². The van der Waals surface area contributed by atoms with Gasteiger partial charge in [-0.1, -0.05) is 56.3 Å². The monoisotopic (exact) mass is 608 g/mol. The van der Waals surface area contributed by atoms with E-state index in [0.717, 1.165) is 0 Å². The van der Waals surface area contributed by atoms with Crippen LogP contribution < -0.4 is 15.4 Å². The van der Waals surface area contributed by atoms with Gasteiger partial charge in [0.1, 0.15) is 29.5 Å². The largest absolute Gasteiger partial charge is 0.508 e. The zero-order valence-electron chi connectivity index (χ0n) is 24.2. The van der Waals surface area contributed by atoms with Gasteiger partial charge in [-0.2, -0.15) is 0 Å². The van der Waals surface area contributed by atoms with Crippen LogP contribution in [0.15, 0.2) is 78.9 Å². The van der Waals surface area contributed by atoms with Crippen LogP contribution in [-0.2, 0) is 32.0 Å². The van der Waals surface area contributed by atoms with E-state index in [2.05, 4.69) is 5.32 Å². The lowest BCUT2D eigenvalue weighted by atomic mass is 9.98. The van der Waals surface area contributed by atoms with Gasteiger partial charge in [0.15, 0.2) is 6.10 Å². The maximum atomic E-state index is 13.1. The van der Waals surface area contributed by atoms with Crippen LogP contribution in [-0.4, -0.2) is 73.6 Å². The van der Waals surface area contributed by atoms with Crippen molar-refractivity contribution < 1.29 is 49.4 Å². The number of rotatable bonds is 13. The molecule has 3 aromatic carbocycles. The summed E-state index contributed by atoms with van der Waals surface area (Å²) in [5.41, 5.74) is 1.42. The topological polar surface area (TPSA) is 203 Å². The van der Waals surface area contributed by atoms with Crippen LogP contribution in [0.2, 0.25) is 0 Å². The number of hydrogen-bond donors (Lipinski definition) is 7. The van der Waals surface area contributed by atoms with Gasteiger partial charge in [0, 0.05) is 11.8 Å². The molecule has 7 N–H and O–H groups in total. The number of ether oxygens (including phenoxy) is 1. The van der Waals surface area contributed by atoms with E-state index < -0.39 is 59.9 Å². The van der Waals surface area contributed by atoms with Gasteiger partial charge < -0.3 is 30.3 Å². The predicted molar refractivity (Wildman–Crippen MR) is 157 cm³/mol. The van der Waals surface area contributed by atoms with Gasteiger partial charge in [0.2, 0.25) is 17.9 Å². The van der Waals surface area contributed by atoms with E-state index in [-0.39, 0.29) is 30.1 Å². The van der Waals surface area contributed by atoms with Crippen molar-refractivity contribution in [3.05, 3.63) is 90.0 Å². The van der Waals surface area contributed by atoms with Crippen molar-refractivity contribution >= 4 is 23.6 Å². The van der Waals surface area contributed by atoms with Crippen molar-refractivity contribution in [3.63, 3.8) is 0 Å². The van der Waals surface area contributed by atoms with Crippen LogP contribution in [0.1, 0.15) is 25.0 Å². The number of hydrogen-bond acceptors (Lipinski definition) is 10. The van der Waals surface area contributed by atoms with Crippen LogP contribution >= 0.6 is 0 Å². The quantitative estimate of drug-likeness (QED) is 0.147. The van der Waals surface area contributed by atoms with Gasteiger partial charge in [-0.25, -0.2) is 0 Å². The summed E-state index contributed by atoms with van der Waals surface area (Å²) in [6, 6.07) is 20.0. The second-order valence-electron chi connectivity index (χ2n) is 10.5. The Balaban J connectivity index is 1.67. The smallest absolute Gasteiger partial charge is 0.270 e. The third-order valence-electron chi connectivity index (χ3n) is 6.86. The number of phenolic OH excluding ortho intramolecular Hbond substituents is 2. The van der Waals surface area contributed by atoms with E-state index in [1.807, 2.05) is 5.32 Å². The first kappa shape index (κ1) is 33.7. The number of phenols is 2. The maximum Gasteiger partial charge on any atom is 0.270 e. The minimum Gasteiger partial charge on any atom is -0.508 e. The molecule has 0 radical (unpaired) electrons. The van der Waals surface area contributed by atoms with Crippen molar-refractivity contribution in [1.29, 1.82) is 0 Å². The molecule has 0 heterocycles. The molecule has 0 fully saturated rings. The Morgan fingerprint density at radius 2 is 1.05 bits per heavy atom. The third kappa shape index (κ3) is 9.63. The minimum absolute atomic E-state index is 0.0490. The second-order valence-corrected chi connectivity index (χ2v) is 10.5. The van der Waals surface area contributed by atoms with Crippen LogP contribution in [0.3, 0.4) is 0 Å². The van der Waals surface area contributed by atoms with Crippen LogP contribution in [0, 0.1) is 11.8 Å². The highest BCUT2D eigenvalue weighted by molar-refractivity contribution is 5.99. The van der Waals surface area contributed by atoms with Crippen LogP contribution in [0.5, 0.6) is 17.2 Å². The highest BCUT2D eigenvalue weighted by Gasteiger charge is 2.41. The number of aliphatic hydroxyl groups is 3. The number of carbonyl (C=O) groups excluding carboxylic acids is 4. The Labute approximate surface area is 253 Å². The fourth-order valence-electron chi connectivity index (χ4n) is 4.24. The highest BCUT2D eigenvalue weighted by Crippen LogP contribution is 2.18. The molecule has 0 unspecified atom stereocenters. The fourth-order valence-corrected chi connectivity index (χ4v) is 4.24. The van der Waals surface area contributed by atoms with Crippen LogP contribution in [0.25, 0.3) is 0 Å². The van der Waals surface area contributed by atoms with Gasteiger partial charge in [-0.15, -0.1) is 0 Å². The number of amides is 4. The molecule has 0 aliphatic carbocycles. The molecule has 0 spiro atoms. The molecule has 3 rings (SSSR count). The molecule has 44 heavy (non-hydrogen) atoms. The summed E-state index contributed by atoms with van der Waals surface area (Å²) < 4.78 is 5.57. The lowest BCUT2D eigenvalue weighted by Gasteiger charge is -2.29. The first-order valence-corrected chi connectivity index (χ1v) is 13.9. The molecular formula is C32H36N2O10. The van der Waals surface area contributed by atoms with E-state index in [0.29, 0.717) is 11.1 Å². The first-order chi connectivity index (χ1) is 20.8. The average molecular weight is 609 g/mol. The van der Waals surface area contributed by atoms with Crippen LogP contribution in [0.4, 0.5) is 0 Å². The average Bonchev–Trinajstić information content (AvgIpc) is 3.01. The summed E-state index contributed by atoms with van der Waals surface area (Å²) >= 11 is 0. The van der Waals surface area contributed by atoms with Crippen molar-refractivity contribution in [2.45, 2.75) is 51.1 Å². The number of aromatic hydroxyl groups is 2. The van der Waals surface area contributed by atoms with Gasteiger partial charge >= 0.3 is 0 Å². The molecule has 234 valence electrons. The summed E-state index contributed by atoms with van der Waals surface area (Å²) in [7, 11) is 0. The normalized spacial score (nSPS) is 15.1. The highest BCUT2D eigenvalue weighted by atomic mass is 16.5. The molecule has 0 saturated carbocycles. The molecule has 0 aromatic heterocycles. The standard InChI is InChI=1S/C32H36N2O10/c1-18(16-20-8-12-22(35)13-9-20)29(40)33-31(42)27(39)25(37)26(38)28(44-24-6-4-3-5-7-24)32(43)34-30(41)19(2)17-21-10-14-23(36)15-11-21/h3-15,18-19,25-28,35-39H,16-17H2,1-2H3,(H,33,40,42)(H,34,41,43)/t18-,19-,25+,26+,27+,28+/m0/s1. The van der Waals surface area contributed by atoms with E-state index in [1.165, 1.54) is 43.3 Å². The van der Waals surface area contributed by atoms with Crippen molar-refractivity contribution in [2.75, 3.05) is 0 Å². The summed E-state index contributed by atoms with van der Waals surface area (Å²) in [6.45, 7) is 3.09. The minimum atomic E-state index is -2.35. The zero-order valence-corrected chi connectivity index (χ0v) is 24.2. The first-order valence-electron chi connectivity index (χ1n) is 13.9. The Morgan fingerprint density at radius 3 is 1.50 bits per heavy atom. The van der Waals surface area contributed by atoms with Gasteiger partial charge in [0.05, 0.1) is 0 Å². The van der Waals surface area contributed by atoms with E-state index in [9.17, 15) is 44.7 Å². The van der Waals surface area contributed by atoms with Crippen molar-refractivity contribution in [3.8, 4) is 17.2 Å². The molecule has 12 heteroatoms. The third-order valence-corrected chi connectivity index (χ3v) is 6.86.